The number of rotatable bonds is 4. The molecule has 2 fully saturated rings. The van der Waals surface area contributed by atoms with Crippen LogP contribution in [0.3, 0.4) is 0 Å². The highest BCUT2D eigenvalue weighted by atomic mass is 15.3. The van der Waals surface area contributed by atoms with Crippen LogP contribution in [0.4, 0.5) is 0 Å². The second-order valence-corrected chi connectivity index (χ2v) is 7.56. The highest BCUT2D eigenvalue weighted by Crippen LogP contribution is 2.35. The molecule has 24 heavy (non-hydrogen) atoms. The molecule has 1 N–H and O–H groups in total. The van der Waals surface area contributed by atoms with E-state index in [1.165, 1.54) is 44.3 Å². The van der Waals surface area contributed by atoms with Crippen LogP contribution in [0, 0.1) is 11.8 Å². The number of likely N-dealkylation sites (tertiary alicyclic amines) is 1. The quantitative estimate of drug-likeness (QED) is 0.674. The van der Waals surface area contributed by atoms with Crippen molar-refractivity contribution in [3.63, 3.8) is 0 Å². The molecule has 2 heterocycles. The minimum atomic E-state index is 0.292. The number of aromatic nitrogens is 2. The maximum absolute atomic E-state index is 4.55. The first-order valence-electron chi connectivity index (χ1n) is 9.19. The van der Waals surface area contributed by atoms with Gasteiger partial charge >= 0.3 is 0 Å². The Morgan fingerprint density at radius 3 is 2.50 bits per heavy atom. The number of fused-ring (bicyclic) bond motifs is 1. The lowest BCUT2D eigenvalue weighted by molar-refractivity contribution is 0.295. The Labute approximate surface area is 145 Å². The van der Waals surface area contributed by atoms with Crippen molar-refractivity contribution >= 4 is 5.96 Å². The third-order valence-electron chi connectivity index (χ3n) is 5.67. The molecule has 1 saturated carbocycles. The van der Waals surface area contributed by atoms with E-state index in [4.69, 9.17) is 0 Å². The van der Waals surface area contributed by atoms with Crippen LogP contribution in [-0.2, 0) is 7.05 Å². The number of hydrogen-bond acceptors (Lipinski definition) is 3. The number of aliphatic imine (C=N–C) groups is 1. The lowest BCUT2D eigenvalue weighted by Crippen LogP contribution is -2.43. The number of nitrogens with zero attached hydrogens (tertiary/aromatic N) is 5. The maximum atomic E-state index is 4.55. The van der Waals surface area contributed by atoms with Gasteiger partial charge in [0.25, 0.3) is 0 Å². The van der Waals surface area contributed by atoms with Gasteiger partial charge in [-0.1, -0.05) is 12.8 Å². The van der Waals surface area contributed by atoms with Gasteiger partial charge in [-0.25, -0.2) is 0 Å². The zero-order valence-corrected chi connectivity index (χ0v) is 15.6. The van der Waals surface area contributed by atoms with Crippen LogP contribution in [0.5, 0.6) is 0 Å². The highest BCUT2D eigenvalue weighted by Gasteiger charge is 2.35. The topological polar surface area (TPSA) is 48.7 Å². The van der Waals surface area contributed by atoms with Crippen LogP contribution in [-0.4, -0.2) is 66.3 Å². The average molecular weight is 332 g/mol. The Kier molecular flexibility index (Phi) is 5.43. The van der Waals surface area contributed by atoms with Crippen molar-refractivity contribution in [2.75, 3.05) is 40.8 Å². The maximum Gasteiger partial charge on any atom is 0.193 e. The number of aryl methyl sites for hydroxylation is 1. The summed E-state index contributed by atoms with van der Waals surface area (Å²) in [6.45, 7) is 3.19. The van der Waals surface area contributed by atoms with Gasteiger partial charge in [-0.3, -0.25) is 9.67 Å². The molecule has 1 aliphatic carbocycles. The fourth-order valence-electron chi connectivity index (χ4n) is 4.31. The summed E-state index contributed by atoms with van der Waals surface area (Å²) in [6.07, 6.45) is 9.66. The van der Waals surface area contributed by atoms with Crippen molar-refractivity contribution in [1.29, 1.82) is 0 Å². The second kappa shape index (κ2) is 7.55. The summed E-state index contributed by atoms with van der Waals surface area (Å²) in [6, 6.07) is 0.292. The molecule has 1 aromatic heterocycles. The van der Waals surface area contributed by atoms with Gasteiger partial charge in [-0.2, -0.15) is 5.10 Å². The molecule has 0 aromatic carbocycles. The van der Waals surface area contributed by atoms with E-state index in [2.05, 4.69) is 45.5 Å². The molecule has 6 heteroatoms. The Morgan fingerprint density at radius 1 is 1.33 bits per heavy atom. The third-order valence-corrected chi connectivity index (χ3v) is 5.67. The van der Waals surface area contributed by atoms with Gasteiger partial charge in [0, 0.05) is 45.5 Å². The van der Waals surface area contributed by atoms with E-state index < -0.39 is 0 Å². The summed E-state index contributed by atoms with van der Waals surface area (Å²) in [5.74, 6) is 2.81. The minimum Gasteiger partial charge on any atom is -0.354 e. The SMILES string of the molecule is CN=C(NCC(c1cnn(C)c1)N(C)C)N1CC2CCCCC2C1. The molecule has 1 aliphatic heterocycles. The van der Waals surface area contributed by atoms with E-state index in [1.807, 2.05) is 25.0 Å². The van der Waals surface area contributed by atoms with Crippen LogP contribution >= 0.6 is 0 Å². The molecule has 1 aromatic rings. The number of likely N-dealkylation sites (N-methyl/N-ethyl adjacent to an activating group) is 1. The van der Waals surface area contributed by atoms with Gasteiger partial charge in [-0.15, -0.1) is 0 Å². The van der Waals surface area contributed by atoms with E-state index in [9.17, 15) is 0 Å². The molecule has 0 spiro atoms. The zero-order valence-electron chi connectivity index (χ0n) is 15.6. The largest absolute Gasteiger partial charge is 0.354 e. The van der Waals surface area contributed by atoms with Crippen LogP contribution in [0.2, 0.25) is 0 Å². The fraction of sp³-hybridized carbons (Fsp3) is 0.778. The first-order valence-corrected chi connectivity index (χ1v) is 9.19. The summed E-state index contributed by atoms with van der Waals surface area (Å²) in [5.41, 5.74) is 1.24. The lowest BCUT2D eigenvalue weighted by Gasteiger charge is -2.27. The molecule has 3 unspecified atom stereocenters. The molecule has 0 bridgehead atoms. The Balaban J connectivity index is 1.61. The fourth-order valence-corrected chi connectivity index (χ4v) is 4.31. The normalized spacial score (nSPS) is 25.9. The van der Waals surface area contributed by atoms with Crippen LogP contribution in [0.15, 0.2) is 17.4 Å². The molecule has 1 saturated heterocycles. The van der Waals surface area contributed by atoms with E-state index in [0.717, 1.165) is 24.3 Å². The molecular formula is C18H32N6. The summed E-state index contributed by atoms with van der Waals surface area (Å²) < 4.78 is 1.87. The van der Waals surface area contributed by atoms with Crippen LogP contribution < -0.4 is 5.32 Å². The van der Waals surface area contributed by atoms with E-state index in [0.29, 0.717) is 6.04 Å². The molecule has 2 aliphatic rings. The van der Waals surface area contributed by atoms with Gasteiger partial charge in [0.05, 0.1) is 12.2 Å². The predicted octanol–water partition coefficient (Wildman–Crippen LogP) is 1.72. The molecule has 3 rings (SSSR count). The van der Waals surface area contributed by atoms with Crippen molar-refractivity contribution in [3.8, 4) is 0 Å². The predicted molar refractivity (Wildman–Crippen MR) is 98.0 cm³/mol. The van der Waals surface area contributed by atoms with E-state index in [1.54, 1.807) is 0 Å². The molecule has 134 valence electrons. The van der Waals surface area contributed by atoms with Gasteiger partial charge in [0.1, 0.15) is 0 Å². The number of hydrogen-bond donors (Lipinski definition) is 1. The molecule has 0 radical (unpaired) electrons. The molecule has 0 amide bonds. The average Bonchev–Trinajstić information content (AvgIpc) is 3.17. The Morgan fingerprint density at radius 2 is 2.00 bits per heavy atom. The van der Waals surface area contributed by atoms with Crippen molar-refractivity contribution in [3.05, 3.63) is 18.0 Å². The summed E-state index contributed by atoms with van der Waals surface area (Å²) >= 11 is 0. The monoisotopic (exact) mass is 332 g/mol. The van der Waals surface area contributed by atoms with Crippen LogP contribution in [0.1, 0.15) is 37.3 Å². The summed E-state index contributed by atoms with van der Waals surface area (Å²) in [5, 5.41) is 7.92. The van der Waals surface area contributed by atoms with E-state index >= 15 is 0 Å². The molecule has 6 nitrogen and oxygen atoms in total. The lowest BCUT2D eigenvalue weighted by atomic mass is 9.82. The van der Waals surface area contributed by atoms with Gasteiger partial charge in [-0.05, 0) is 38.8 Å². The Bertz CT molecular complexity index is 550. The summed E-state index contributed by atoms with van der Waals surface area (Å²) in [7, 11) is 8.10. The van der Waals surface area contributed by atoms with Crippen molar-refractivity contribution in [2.24, 2.45) is 23.9 Å². The van der Waals surface area contributed by atoms with Gasteiger partial charge < -0.3 is 15.1 Å². The van der Waals surface area contributed by atoms with Gasteiger partial charge in [0.2, 0.25) is 0 Å². The number of guanidine groups is 1. The Hall–Kier alpha value is -1.56. The van der Waals surface area contributed by atoms with Crippen molar-refractivity contribution in [1.82, 2.24) is 24.9 Å². The van der Waals surface area contributed by atoms with Gasteiger partial charge in [0.15, 0.2) is 5.96 Å². The summed E-state index contributed by atoms with van der Waals surface area (Å²) in [4.78, 5) is 9.26. The second-order valence-electron chi connectivity index (χ2n) is 7.56. The van der Waals surface area contributed by atoms with Crippen LogP contribution in [0.25, 0.3) is 0 Å². The van der Waals surface area contributed by atoms with E-state index in [-0.39, 0.29) is 0 Å². The minimum absolute atomic E-state index is 0.292. The first-order chi connectivity index (χ1) is 11.6. The molecule has 3 atom stereocenters. The standard InChI is InChI=1S/C18H32N6/c1-19-18(24-12-14-7-5-6-8-15(14)13-24)20-10-17(22(2)3)16-9-21-23(4)11-16/h9,11,14-15,17H,5-8,10,12-13H2,1-4H3,(H,19,20). The highest BCUT2D eigenvalue weighted by molar-refractivity contribution is 5.80. The third kappa shape index (κ3) is 3.74. The number of nitrogens with one attached hydrogen (secondary N) is 1. The smallest absolute Gasteiger partial charge is 0.193 e. The first kappa shape index (κ1) is 17.3. The van der Waals surface area contributed by atoms with Crippen molar-refractivity contribution in [2.45, 2.75) is 31.7 Å². The zero-order chi connectivity index (χ0) is 17.1. The van der Waals surface area contributed by atoms with Crippen molar-refractivity contribution < 1.29 is 0 Å². The molecular weight excluding hydrogens is 300 g/mol.